The predicted octanol–water partition coefficient (Wildman–Crippen LogP) is 6.79. The Balaban J connectivity index is 1.02. The molecular weight excluding hydrogens is 650 g/mol. The molecule has 4 N–H and O–H groups in total. The standard InChI is InChI=1S/C40H36ClN5O4/c1-49-36-15-32-34(44-19-29-14-25-6-2-3-7-26(25)20-45(29)40(32)48)17-37(36)50-22-24-10-23(11-28(42)12-24)13-38(47)46-21-27(18-41)39-31-9-5-4-8-30(31)33(43)16-35(39)46/h2-12,15-17,19,27,29H,13-14,18,20-22,42-43H2,1H3/t27-,29+/m1/s1. The number of amides is 2. The van der Waals surface area contributed by atoms with Crippen LogP contribution >= 0.6 is 11.6 Å². The maximum absolute atomic E-state index is 13.8. The molecule has 0 radical (unpaired) electrons. The van der Waals surface area contributed by atoms with Crippen molar-refractivity contribution in [3.63, 3.8) is 0 Å². The van der Waals surface area contributed by atoms with Crippen LogP contribution in [0.5, 0.6) is 11.5 Å². The highest BCUT2D eigenvalue weighted by molar-refractivity contribution is 6.19. The number of methoxy groups -OCH3 is 1. The van der Waals surface area contributed by atoms with Gasteiger partial charge in [0.25, 0.3) is 5.91 Å². The molecule has 0 saturated heterocycles. The van der Waals surface area contributed by atoms with Crippen molar-refractivity contribution >= 4 is 63.2 Å². The van der Waals surface area contributed by atoms with E-state index in [1.165, 1.54) is 5.56 Å². The summed E-state index contributed by atoms with van der Waals surface area (Å²) in [4.78, 5) is 36.0. The second-order valence-corrected chi connectivity index (χ2v) is 13.4. The van der Waals surface area contributed by atoms with Crippen LogP contribution in [0, 0.1) is 0 Å². The third-order valence-electron chi connectivity index (χ3n) is 9.96. The van der Waals surface area contributed by atoms with Gasteiger partial charge in [-0.1, -0.05) is 54.6 Å². The van der Waals surface area contributed by atoms with E-state index < -0.39 is 0 Å². The molecule has 2 amide bonds. The second-order valence-electron chi connectivity index (χ2n) is 13.1. The molecule has 0 aromatic heterocycles. The summed E-state index contributed by atoms with van der Waals surface area (Å²) in [6.45, 7) is 1.17. The molecule has 2 atom stereocenters. The molecule has 0 unspecified atom stereocenters. The molecule has 10 heteroatoms. The van der Waals surface area contributed by atoms with E-state index in [2.05, 4.69) is 12.1 Å². The topological polar surface area (TPSA) is 123 Å². The number of carbonyl (C=O) groups excluding carboxylic acids is 2. The van der Waals surface area contributed by atoms with E-state index in [9.17, 15) is 9.59 Å². The van der Waals surface area contributed by atoms with Gasteiger partial charge in [-0.25, -0.2) is 0 Å². The van der Waals surface area contributed by atoms with Crippen molar-refractivity contribution in [1.29, 1.82) is 0 Å². The van der Waals surface area contributed by atoms with Gasteiger partial charge in [-0.2, -0.15) is 0 Å². The van der Waals surface area contributed by atoms with E-state index in [0.717, 1.165) is 38.7 Å². The number of hydrogen-bond acceptors (Lipinski definition) is 7. The van der Waals surface area contributed by atoms with Crippen molar-refractivity contribution in [3.05, 3.63) is 118 Å². The lowest BCUT2D eigenvalue weighted by molar-refractivity contribution is -0.117. The predicted molar refractivity (Wildman–Crippen MR) is 198 cm³/mol. The van der Waals surface area contributed by atoms with Crippen LogP contribution in [0.15, 0.2) is 89.9 Å². The minimum atomic E-state index is -0.139. The smallest absolute Gasteiger partial charge is 0.257 e. The van der Waals surface area contributed by atoms with Crippen LogP contribution in [0.4, 0.5) is 22.7 Å². The molecule has 0 fully saturated rings. The summed E-state index contributed by atoms with van der Waals surface area (Å²) >= 11 is 6.42. The number of benzene rings is 5. The fourth-order valence-corrected chi connectivity index (χ4v) is 7.82. The largest absolute Gasteiger partial charge is 0.493 e. The van der Waals surface area contributed by atoms with E-state index in [0.29, 0.717) is 59.5 Å². The van der Waals surface area contributed by atoms with Crippen molar-refractivity contribution in [1.82, 2.24) is 4.90 Å². The van der Waals surface area contributed by atoms with E-state index in [-0.39, 0.29) is 36.8 Å². The Bertz CT molecular complexity index is 2220. The summed E-state index contributed by atoms with van der Waals surface area (Å²) in [5, 5.41) is 1.99. The van der Waals surface area contributed by atoms with Crippen molar-refractivity contribution < 1.29 is 19.1 Å². The lowest BCUT2D eigenvalue weighted by Gasteiger charge is -2.34. The van der Waals surface area contributed by atoms with Gasteiger partial charge in [0, 0.05) is 59.6 Å². The number of carbonyl (C=O) groups is 2. The molecule has 5 aromatic rings. The quantitative estimate of drug-likeness (QED) is 0.144. The average molecular weight is 686 g/mol. The first-order valence-electron chi connectivity index (χ1n) is 16.6. The normalized spacial score (nSPS) is 17.5. The second kappa shape index (κ2) is 12.7. The number of anilines is 3. The zero-order chi connectivity index (χ0) is 34.5. The Morgan fingerprint density at radius 2 is 1.70 bits per heavy atom. The number of hydrogen-bond donors (Lipinski definition) is 2. The van der Waals surface area contributed by atoms with Gasteiger partial charge >= 0.3 is 0 Å². The SMILES string of the molecule is COc1cc2c(cc1OCc1cc(N)cc(CC(=O)N3C[C@@H](CCl)c4c3cc(N)c3ccccc43)c1)N=C[C@@H]1Cc3ccccc3CN1C2=O. The molecular formula is C40H36ClN5O4. The first-order valence-corrected chi connectivity index (χ1v) is 17.2. The maximum Gasteiger partial charge on any atom is 0.257 e. The van der Waals surface area contributed by atoms with Crippen LogP contribution in [-0.2, 0) is 30.8 Å². The van der Waals surface area contributed by atoms with Crippen LogP contribution < -0.4 is 25.8 Å². The molecule has 5 aromatic carbocycles. The highest BCUT2D eigenvalue weighted by Crippen LogP contribution is 2.44. The van der Waals surface area contributed by atoms with Crippen LogP contribution in [0.3, 0.4) is 0 Å². The van der Waals surface area contributed by atoms with Gasteiger partial charge in [0.05, 0.1) is 30.8 Å². The molecule has 50 heavy (non-hydrogen) atoms. The molecule has 3 heterocycles. The summed E-state index contributed by atoms with van der Waals surface area (Å²) in [6.07, 6.45) is 2.70. The van der Waals surface area contributed by atoms with Crippen LogP contribution in [0.1, 0.15) is 44.1 Å². The van der Waals surface area contributed by atoms with E-state index >= 15 is 0 Å². The zero-order valence-electron chi connectivity index (χ0n) is 27.6. The first kappa shape index (κ1) is 31.7. The van der Waals surface area contributed by atoms with E-state index in [4.69, 9.17) is 37.5 Å². The van der Waals surface area contributed by atoms with Gasteiger partial charge in [-0.3, -0.25) is 14.6 Å². The third kappa shape index (κ3) is 5.57. The number of nitrogens with zero attached hydrogens (tertiary/aromatic N) is 3. The molecule has 0 aliphatic carbocycles. The monoisotopic (exact) mass is 685 g/mol. The number of fused-ring (bicyclic) bond motifs is 6. The highest BCUT2D eigenvalue weighted by Gasteiger charge is 2.35. The molecule has 8 rings (SSSR count). The summed E-state index contributed by atoms with van der Waals surface area (Å²) in [5.41, 5.74) is 20.7. The highest BCUT2D eigenvalue weighted by atomic mass is 35.5. The van der Waals surface area contributed by atoms with Crippen molar-refractivity contribution in [2.75, 3.05) is 35.9 Å². The van der Waals surface area contributed by atoms with Crippen molar-refractivity contribution in [2.24, 2.45) is 4.99 Å². The molecule has 0 spiro atoms. The maximum atomic E-state index is 13.8. The third-order valence-corrected chi connectivity index (χ3v) is 10.3. The van der Waals surface area contributed by atoms with Crippen LogP contribution in [0.2, 0.25) is 0 Å². The van der Waals surface area contributed by atoms with Gasteiger partial charge in [0.2, 0.25) is 5.91 Å². The minimum absolute atomic E-state index is 0.000944. The number of ether oxygens (including phenoxy) is 2. The number of rotatable bonds is 7. The zero-order valence-corrected chi connectivity index (χ0v) is 28.3. The fourth-order valence-electron chi connectivity index (χ4n) is 7.57. The number of halogens is 1. The molecule has 3 aliphatic rings. The molecule has 0 bridgehead atoms. The Labute approximate surface area is 295 Å². The molecule has 9 nitrogen and oxygen atoms in total. The fraction of sp³-hybridized carbons (Fsp3) is 0.225. The van der Waals surface area contributed by atoms with Gasteiger partial charge in [-0.15, -0.1) is 11.6 Å². The number of aliphatic imine (C=N–C) groups is 1. The van der Waals surface area contributed by atoms with Gasteiger partial charge in [0.1, 0.15) is 6.61 Å². The molecule has 0 saturated carbocycles. The Morgan fingerprint density at radius 3 is 2.50 bits per heavy atom. The summed E-state index contributed by atoms with van der Waals surface area (Å²) < 4.78 is 11.9. The molecule has 252 valence electrons. The number of nitrogen functional groups attached to an aromatic ring is 2. The average Bonchev–Trinajstić information content (AvgIpc) is 3.45. The van der Waals surface area contributed by atoms with Crippen LogP contribution in [0.25, 0.3) is 10.8 Å². The lowest BCUT2D eigenvalue weighted by atomic mass is 9.94. The van der Waals surface area contributed by atoms with Gasteiger partial charge < -0.3 is 30.7 Å². The Morgan fingerprint density at radius 1 is 0.940 bits per heavy atom. The first-order chi connectivity index (χ1) is 24.3. The van der Waals surface area contributed by atoms with E-state index in [1.807, 2.05) is 71.8 Å². The van der Waals surface area contributed by atoms with Crippen molar-refractivity contribution in [3.8, 4) is 11.5 Å². The molecule has 3 aliphatic heterocycles. The Hall–Kier alpha value is -5.54. The van der Waals surface area contributed by atoms with Gasteiger partial charge in [-0.05, 0) is 63.9 Å². The minimum Gasteiger partial charge on any atom is -0.493 e. The summed E-state index contributed by atoms with van der Waals surface area (Å²) in [7, 11) is 1.55. The summed E-state index contributed by atoms with van der Waals surface area (Å²) in [6, 6.07) is 26.9. The lowest BCUT2D eigenvalue weighted by Crippen LogP contribution is -2.44. The summed E-state index contributed by atoms with van der Waals surface area (Å²) in [5.74, 6) is 1.10. The number of nitrogens with two attached hydrogens (primary N) is 2. The number of alkyl halides is 1. The van der Waals surface area contributed by atoms with Gasteiger partial charge in [0.15, 0.2) is 11.5 Å². The van der Waals surface area contributed by atoms with E-state index in [1.54, 1.807) is 24.1 Å². The van der Waals surface area contributed by atoms with Crippen molar-refractivity contribution in [2.45, 2.75) is 38.0 Å². The Kier molecular flexibility index (Phi) is 8.07. The van der Waals surface area contributed by atoms with Crippen LogP contribution in [-0.4, -0.2) is 48.5 Å².